The lowest BCUT2D eigenvalue weighted by Gasteiger charge is -2.18. The maximum atomic E-state index is 13.3. The Morgan fingerprint density at radius 1 is 1.20 bits per heavy atom. The van der Waals surface area contributed by atoms with Crippen LogP contribution in [0.15, 0.2) is 55.1 Å². The molecule has 0 spiro atoms. The maximum absolute atomic E-state index is 13.3. The molecule has 0 fully saturated rings. The molecule has 0 N–H and O–H groups in total. The highest BCUT2D eigenvalue weighted by molar-refractivity contribution is 7.22. The summed E-state index contributed by atoms with van der Waals surface area (Å²) < 4.78 is 13.6. The first-order valence-corrected chi connectivity index (χ1v) is 11.9. The Kier molecular flexibility index (Phi) is 9.14. The van der Waals surface area contributed by atoms with Gasteiger partial charge in [-0.05, 0) is 54.8 Å². The van der Waals surface area contributed by atoms with E-state index in [0.29, 0.717) is 28.2 Å². The molecule has 2 aromatic heterocycles. The molecule has 0 saturated heterocycles. The summed E-state index contributed by atoms with van der Waals surface area (Å²) in [4.78, 5) is 23.9. The van der Waals surface area contributed by atoms with Gasteiger partial charge in [0.25, 0.3) is 5.91 Å². The molecule has 184 valence electrons. The first-order chi connectivity index (χ1) is 16.5. The largest absolute Gasteiger partial charge is 0.493 e. The Labute approximate surface area is 219 Å². The van der Waals surface area contributed by atoms with Crippen LogP contribution >= 0.6 is 35.3 Å². The number of hydrogen-bond donors (Lipinski definition) is 0. The van der Waals surface area contributed by atoms with Gasteiger partial charge < -0.3 is 14.0 Å². The fourth-order valence-electron chi connectivity index (χ4n) is 3.60. The number of anilines is 1. The zero-order valence-corrected chi connectivity index (χ0v) is 22.0. The summed E-state index contributed by atoms with van der Waals surface area (Å²) in [6.45, 7) is 3.23. The van der Waals surface area contributed by atoms with Gasteiger partial charge in [0, 0.05) is 36.6 Å². The highest BCUT2D eigenvalue weighted by Gasteiger charge is 2.19. The molecule has 2 heterocycles. The molecule has 0 radical (unpaired) electrons. The Morgan fingerprint density at radius 2 is 2.00 bits per heavy atom. The van der Waals surface area contributed by atoms with Crippen molar-refractivity contribution in [2.75, 3.05) is 25.7 Å². The van der Waals surface area contributed by atoms with Gasteiger partial charge in [0.15, 0.2) is 16.6 Å². The molecule has 4 rings (SSSR count). The van der Waals surface area contributed by atoms with Gasteiger partial charge in [-0.2, -0.15) is 0 Å². The fourth-order valence-corrected chi connectivity index (χ4v) is 5.05. The lowest BCUT2D eigenvalue weighted by Crippen LogP contribution is -2.30. The minimum absolute atomic E-state index is 0. The Hall–Kier alpha value is -3.07. The van der Waals surface area contributed by atoms with Crippen molar-refractivity contribution in [2.24, 2.45) is 0 Å². The molecule has 4 aromatic rings. The van der Waals surface area contributed by atoms with Gasteiger partial charge in [0.1, 0.15) is 0 Å². The second-order valence-electron chi connectivity index (χ2n) is 7.66. The Morgan fingerprint density at radius 3 is 2.71 bits per heavy atom. The number of aromatic nitrogens is 3. The number of thiazole rings is 1. The second kappa shape index (κ2) is 12.1. The van der Waals surface area contributed by atoms with Crippen molar-refractivity contribution in [1.82, 2.24) is 14.5 Å². The zero-order chi connectivity index (χ0) is 24.1. The number of halogens is 2. The maximum Gasteiger partial charge on any atom is 0.252 e. The van der Waals surface area contributed by atoms with Crippen LogP contribution in [0.1, 0.15) is 17.5 Å². The van der Waals surface area contributed by atoms with Gasteiger partial charge in [0.05, 0.1) is 30.8 Å². The Balaban J connectivity index is 0.00000342. The summed E-state index contributed by atoms with van der Waals surface area (Å²) in [5, 5.41) is 1.31. The number of aryl methyl sites for hydroxylation is 2. The number of rotatable bonds is 9. The van der Waals surface area contributed by atoms with Crippen molar-refractivity contribution >= 4 is 62.7 Å². The van der Waals surface area contributed by atoms with E-state index in [1.165, 1.54) is 11.3 Å². The molecule has 0 aliphatic carbocycles. The van der Waals surface area contributed by atoms with E-state index in [2.05, 4.69) is 4.98 Å². The van der Waals surface area contributed by atoms with Crippen LogP contribution in [0.4, 0.5) is 5.13 Å². The second-order valence-corrected chi connectivity index (χ2v) is 9.10. The molecule has 0 aliphatic heterocycles. The average Bonchev–Trinajstić information content (AvgIpc) is 3.50. The normalized spacial score (nSPS) is 11.0. The first-order valence-electron chi connectivity index (χ1n) is 10.7. The van der Waals surface area contributed by atoms with Crippen LogP contribution in [-0.2, 0) is 11.3 Å². The summed E-state index contributed by atoms with van der Waals surface area (Å²) >= 11 is 7.70. The Bertz CT molecular complexity index is 1320. The SMILES string of the molecule is COc1ccc(/C=C/C(=O)N(CCCn2ccnc2)c2nc3c(C)cc(Cl)cc3s2)cc1OC.Cl. The van der Waals surface area contributed by atoms with Crippen molar-refractivity contribution in [3.63, 3.8) is 0 Å². The van der Waals surface area contributed by atoms with E-state index in [9.17, 15) is 4.79 Å². The van der Waals surface area contributed by atoms with E-state index in [0.717, 1.165) is 34.3 Å². The van der Waals surface area contributed by atoms with Crippen molar-refractivity contribution in [2.45, 2.75) is 19.9 Å². The number of ether oxygens (including phenoxy) is 2. The number of nitrogens with zero attached hydrogens (tertiary/aromatic N) is 4. The van der Waals surface area contributed by atoms with E-state index in [1.54, 1.807) is 43.8 Å². The van der Waals surface area contributed by atoms with Crippen LogP contribution in [-0.4, -0.2) is 41.2 Å². The van der Waals surface area contributed by atoms with Gasteiger partial charge in [-0.25, -0.2) is 9.97 Å². The molecule has 7 nitrogen and oxygen atoms in total. The van der Waals surface area contributed by atoms with Crippen LogP contribution in [0.2, 0.25) is 5.02 Å². The molecular formula is C25H26Cl2N4O3S. The van der Waals surface area contributed by atoms with Crippen molar-refractivity contribution in [3.8, 4) is 11.5 Å². The lowest BCUT2D eigenvalue weighted by atomic mass is 10.2. The van der Waals surface area contributed by atoms with Gasteiger partial charge in [0.2, 0.25) is 0 Å². The quantitative estimate of drug-likeness (QED) is 0.246. The van der Waals surface area contributed by atoms with E-state index in [4.69, 9.17) is 26.1 Å². The molecule has 10 heteroatoms. The minimum atomic E-state index is -0.150. The predicted octanol–water partition coefficient (Wildman–Crippen LogP) is 6.03. The number of fused-ring (bicyclic) bond motifs is 1. The molecule has 35 heavy (non-hydrogen) atoms. The molecular weight excluding hydrogens is 507 g/mol. The molecule has 0 unspecified atom stereocenters. The van der Waals surface area contributed by atoms with Crippen molar-refractivity contribution in [3.05, 3.63) is 71.3 Å². The summed E-state index contributed by atoms with van der Waals surface area (Å²) in [5.41, 5.74) is 2.67. The monoisotopic (exact) mass is 532 g/mol. The first kappa shape index (κ1) is 26.5. The number of carbonyl (C=O) groups is 1. The summed E-state index contributed by atoms with van der Waals surface area (Å²) in [7, 11) is 3.17. The number of carbonyl (C=O) groups excluding carboxylic acids is 1. The lowest BCUT2D eigenvalue weighted by molar-refractivity contribution is -0.114. The summed E-state index contributed by atoms with van der Waals surface area (Å²) in [6.07, 6.45) is 9.50. The van der Waals surface area contributed by atoms with Gasteiger partial charge in [-0.3, -0.25) is 9.69 Å². The summed E-state index contributed by atoms with van der Waals surface area (Å²) in [6, 6.07) is 9.28. The predicted molar refractivity (Wildman–Crippen MR) is 144 cm³/mol. The molecule has 0 bridgehead atoms. The fraction of sp³-hybridized carbons (Fsp3) is 0.240. The third-order valence-electron chi connectivity index (χ3n) is 5.32. The zero-order valence-electron chi connectivity index (χ0n) is 19.6. The highest BCUT2D eigenvalue weighted by Crippen LogP contribution is 2.33. The van der Waals surface area contributed by atoms with Gasteiger partial charge in [-0.1, -0.05) is 29.0 Å². The minimum Gasteiger partial charge on any atom is -0.493 e. The van der Waals surface area contributed by atoms with Crippen LogP contribution in [0.3, 0.4) is 0 Å². The number of amides is 1. The molecule has 0 saturated carbocycles. The van der Waals surface area contributed by atoms with E-state index in [-0.39, 0.29) is 18.3 Å². The van der Waals surface area contributed by atoms with Gasteiger partial charge >= 0.3 is 0 Å². The van der Waals surface area contributed by atoms with E-state index >= 15 is 0 Å². The average molecular weight is 533 g/mol. The van der Waals surface area contributed by atoms with Crippen LogP contribution in [0.25, 0.3) is 16.3 Å². The smallest absolute Gasteiger partial charge is 0.252 e. The molecule has 2 aromatic carbocycles. The third-order valence-corrected chi connectivity index (χ3v) is 6.56. The highest BCUT2D eigenvalue weighted by atomic mass is 35.5. The standard InChI is InChI=1S/C25H25ClN4O3S.ClH/c1-17-13-19(26)15-22-24(17)28-25(34-22)30(11-4-10-29-12-9-27-16-29)23(31)8-6-18-5-7-20(32-2)21(14-18)33-3;/h5-9,12-16H,4,10-11H2,1-3H3;1H/b8-6+;. The van der Waals surface area contributed by atoms with Crippen LogP contribution < -0.4 is 14.4 Å². The van der Waals surface area contributed by atoms with E-state index in [1.807, 2.05) is 48.0 Å². The van der Waals surface area contributed by atoms with Crippen LogP contribution in [0.5, 0.6) is 11.5 Å². The third kappa shape index (κ3) is 6.33. The summed E-state index contributed by atoms with van der Waals surface area (Å²) in [5.74, 6) is 1.09. The number of benzene rings is 2. The van der Waals surface area contributed by atoms with Crippen molar-refractivity contribution < 1.29 is 14.3 Å². The van der Waals surface area contributed by atoms with Crippen LogP contribution in [0, 0.1) is 6.92 Å². The molecule has 1 amide bonds. The number of imidazole rings is 1. The van der Waals surface area contributed by atoms with Gasteiger partial charge in [-0.15, -0.1) is 12.4 Å². The topological polar surface area (TPSA) is 69.5 Å². The van der Waals surface area contributed by atoms with Crippen molar-refractivity contribution in [1.29, 1.82) is 0 Å². The molecule has 0 aliphatic rings. The van der Waals surface area contributed by atoms with E-state index < -0.39 is 0 Å². The molecule has 0 atom stereocenters. The number of hydrogen-bond acceptors (Lipinski definition) is 6. The number of methoxy groups -OCH3 is 2.